The van der Waals surface area contributed by atoms with Crippen molar-refractivity contribution in [3.63, 3.8) is 0 Å². The molecule has 2 aliphatic heterocycles. The molecule has 0 aromatic heterocycles. The largest absolute Gasteiger partial charge is 0.495 e. The van der Waals surface area contributed by atoms with Crippen LogP contribution in [-0.2, 0) is 14.3 Å². The number of benzene rings is 1. The molecule has 2 saturated heterocycles. The minimum atomic E-state index is -0.352. The van der Waals surface area contributed by atoms with E-state index in [0.717, 1.165) is 0 Å². The lowest BCUT2D eigenvalue weighted by Crippen LogP contribution is -2.50. The molecule has 0 saturated carbocycles. The van der Waals surface area contributed by atoms with Gasteiger partial charge < -0.3 is 14.4 Å². The van der Waals surface area contributed by atoms with Crippen molar-refractivity contribution in [3.8, 4) is 5.75 Å². The second-order valence-corrected chi connectivity index (χ2v) is 5.65. The van der Waals surface area contributed by atoms with Gasteiger partial charge in [-0.1, -0.05) is 12.1 Å². The van der Waals surface area contributed by atoms with E-state index in [9.17, 15) is 9.59 Å². The second-order valence-electron chi connectivity index (χ2n) is 5.65. The van der Waals surface area contributed by atoms with Crippen LogP contribution >= 0.6 is 0 Å². The van der Waals surface area contributed by atoms with Crippen LogP contribution in [0.4, 0.5) is 5.69 Å². The van der Waals surface area contributed by atoms with Crippen LogP contribution in [0.25, 0.3) is 0 Å². The van der Waals surface area contributed by atoms with Crippen LogP contribution in [0.15, 0.2) is 24.3 Å². The average molecular weight is 319 g/mol. The lowest BCUT2D eigenvalue weighted by molar-refractivity contribution is -0.132. The summed E-state index contributed by atoms with van der Waals surface area (Å²) in [6.45, 7) is 2.93. The predicted octanol–water partition coefficient (Wildman–Crippen LogP) is 0.411. The van der Waals surface area contributed by atoms with Gasteiger partial charge in [0.2, 0.25) is 11.8 Å². The Kier molecular flexibility index (Phi) is 4.78. The van der Waals surface area contributed by atoms with Gasteiger partial charge in [-0.3, -0.25) is 15.0 Å². The standard InChI is InChI=1S/C16H21N3O4/c1-22-14-5-3-2-4-13(14)19-11-12(10-15(19)20)16(21)17-18-6-8-23-9-7-18/h2-5,12H,6-11H2,1H3,(H,17,21). The number of nitrogens with one attached hydrogen (secondary N) is 1. The van der Waals surface area contributed by atoms with Crippen molar-refractivity contribution in [2.75, 3.05) is 44.9 Å². The summed E-state index contributed by atoms with van der Waals surface area (Å²) < 4.78 is 10.6. The normalized spacial score (nSPS) is 22.2. The maximum Gasteiger partial charge on any atom is 0.239 e. The average Bonchev–Trinajstić information content (AvgIpc) is 2.97. The van der Waals surface area contributed by atoms with Crippen LogP contribution < -0.4 is 15.1 Å². The number of carbonyl (C=O) groups is 2. The van der Waals surface area contributed by atoms with E-state index in [-0.39, 0.29) is 24.2 Å². The molecule has 2 heterocycles. The molecule has 7 heteroatoms. The first-order chi connectivity index (χ1) is 11.2. The van der Waals surface area contributed by atoms with E-state index in [1.165, 1.54) is 0 Å². The molecule has 23 heavy (non-hydrogen) atoms. The Morgan fingerprint density at radius 3 is 2.78 bits per heavy atom. The zero-order valence-electron chi connectivity index (χ0n) is 13.2. The molecule has 2 amide bonds. The molecule has 7 nitrogen and oxygen atoms in total. The number of rotatable bonds is 4. The van der Waals surface area contributed by atoms with Gasteiger partial charge in [0.1, 0.15) is 5.75 Å². The number of ether oxygens (including phenoxy) is 2. The fraction of sp³-hybridized carbons (Fsp3) is 0.500. The summed E-state index contributed by atoms with van der Waals surface area (Å²) in [4.78, 5) is 26.3. The topological polar surface area (TPSA) is 71.1 Å². The fourth-order valence-corrected chi connectivity index (χ4v) is 2.89. The first-order valence-corrected chi connectivity index (χ1v) is 7.75. The minimum Gasteiger partial charge on any atom is -0.495 e. The predicted molar refractivity (Wildman–Crippen MR) is 84.0 cm³/mol. The Balaban J connectivity index is 1.66. The lowest BCUT2D eigenvalue weighted by Gasteiger charge is -2.28. The summed E-state index contributed by atoms with van der Waals surface area (Å²) in [7, 11) is 1.57. The first kappa shape index (κ1) is 15.8. The van der Waals surface area contributed by atoms with Gasteiger partial charge in [0.15, 0.2) is 0 Å². The zero-order chi connectivity index (χ0) is 16.2. The van der Waals surface area contributed by atoms with Crippen molar-refractivity contribution in [3.05, 3.63) is 24.3 Å². The number of amides is 2. The number of nitrogens with zero attached hydrogens (tertiary/aromatic N) is 2. The van der Waals surface area contributed by atoms with Gasteiger partial charge in [0, 0.05) is 26.1 Å². The highest BCUT2D eigenvalue weighted by molar-refractivity contribution is 6.01. The molecule has 1 unspecified atom stereocenters. The van der Waals surface area contributed by atoms with Crippen LogP contribution in [-0.4, -0.2) is 56.8 Å². The third-order valence-electron chi connectivity index (χ3n) is 4.15. The molecule has 0 aliphatic carbocycles. The van der Waals surface area contributed by atoms with Crippen molar-refractivity contribution in [2.24, 2.45) is 5.92 Å². The van der Waals surface area contributed by atoms with E-state index >= 15 is 0 Å². The van der Waals surface area contributed by atoms with Crippen LogP contribution in [0.5, 0.6) is 5.75 Å². The third-order valence-corrected chi connectivity index (χ3v) is 4.15. The Morgan fingerprint density at radius 1 is 1.30 bits per heavy atom. The number of hydrogen-bond acceptors (Lipinski definition) is 5. The fourth-order valence-electron chi connectivity index (χ4n) is 2.89. The molecule has 1 aromatic carbocycles. The Morgan fingerprint density at radius 2 is 2.04 bits per heavy atom. The van der Waals surface area contributed by atoms with Gasteiger partial charge in [-0.25, -0.2) is 5.01 Å². The smallest absolute Gasteiger partial charge is 0.239 e. The third kappa shape index (κ3) is 3.46. The summed E-state index contributed by atoms with van der Waals surface area (Å²) in [6, 6.07) is 7.35. The van der Waals surface area contributed by atoms with E-state index in [0.29, 0.717) is 44.3 Å². The monoisotopic (exact) mass is 319 g/mol. The van der Waals surface area contributed by atoms with Gasteiger partial charge in [-0.15, -0.1) is 0 Å². The Bertz CT molecular complexity index is 586. The van der Waals surface area contributed by atoms with Crippen molar-refractivity contribution in [1.82, 2.24) is 10.4 Å². The molecule has 124 valence electrons. The first-order valence-electron chi connectivity index (χ1n) is 7.75. The van der Waals surface area contributed by atoms with E-state index in [4.69, 9.17) is 9.47 Å². The van der Waals surface area contributed by atoms with E-state index in [1.807, 2.05) is 29.3 Å². The number of hydrogen-bond donors (Lipinski definition) is 1. The molecule has 2 aliphatic rings. The van der Waals surface area contributed by atoms with Crippen molar-refractivity contribution in [2.45, 2.75) is 6.42 Å². The quantitative estimate of drug-likeness (QED) is 0.870. The molecule has 0 spiro atoms. The summed E-state index contributed by atoms with van der Waals surface area (Å²) >= 11 is 0. The molecule has 0 bridgehead atoms. The maximum atomic E-state index is 12.4. The maximum absolute atomic E-state index is 12.4. The molecule has 1 atom stereocenters. The van der Waals surface area contributed by atoms with Gasteiger partial charge in [0.25, 0.3) is 0 Å². The number of carbonyl (C=O) groups excluding carboxylic acids is 2. The van der Waals surface area contributed by atoms with Crippen molar-refractivity contribution in [1.29, 1.82) is 0 Å². The molecule has 2 fully saturated rings. The second kappa shape index (κ2) is 6.97. The summed E-state index contributed by atoms with van der Waals surface area (Å²) in [5, 5.41) is 1.85. The van der Waals surface area contributed by atoms with E-state index < -0.39 is 0 Å². The number of para-hydroxylation sites is 2. The van der Waals surface area contributed by atoms with Gasteiger partial charge in [-0.05, 0) is 12.1 Å². The SMILES string of the molecule is COc1ccccc1N1CC(C(=O)NN2CCOCC2)CC1=O. The highest BCUT2D eigenvalue weighted by Gasteiger charge is 2.36. The van der Waals surface area contributed by atoms with E-state index in [2.05, 4.69) is 5.43 Å². The van der Waals surface area contributed by atoms with Crippen LogP contribution in [0.1, 0.15) is 6.42 Å². The molecule has 1 aromatic rings. The highest BCUT2D eigenvalue weighted by Crippen LogP contribution is 2.32. The summed E-state index contributed by atoms with van der Waals surface area (Å²) in [5.41, 5.74) is 3.60. The van der Waals surface area contributed by atoms with Gasteiger partial charge in [0.05, 0.1) is 31.9 Å². The molecule has 3 rings (SSSR count). The Labute approximate surface area is 135 Å². The molecular formula is C16H21N3O4. The van der Waals surface area contributed by atoms with Crippen LogP contribution in [0.2, 0.25) is 0 Å². The van der Waals surface area contributed by atoms with E-state index in [1.54, 1.807) is 12.0 Å². The highest BCUT2D eigenvalue weighted by atomic mass is 16.5. The number of methoxy groups -OCH3 is 1. The number of hydrazine groups is 1. The van der Waals surface area contributed by atoms with Gasteiger partial charge in [-0.2, -0.15) is 0 Å². The molecule has 0 radical (unpaired) electrons. The van der Waals surface area contributed by atoms with Crippen molar-refractivity contribution >= 4 is 17.5 Å². The number of anilines is 1. The minimum absolute atomic E-state index is 0.0587. The van der Waals surface area contributed by atoms with Crippen LogP contribution in [0, 0.1) is 5.92 Å². The van der Waals surface area contributed by atoms with Crippen molar-refractivity contribution < 1.29 is 19.1 Å². The zero-order valence-corrected chi connectivity index (χ0v) is 13.2. The van der Waals surface area contributed by atoms with Crippen LogP contribution in [0.3, 0.4) is 0 Å². The molecule has 1 N–H and O–H groups in total. The summed E-state index contributed by atoms with van der Waals surface area (Å²) in [5.74, 6) is 0.111. The summed E-state index contributed by atoms with van der Waals surface area (Å²) in [6.07, 6.45) is 0.216. The lowest BCUT2D eigenvalue weighted by atomic mass is 10.1. The molecular weight excluding hydrogens is 298 g/mol. The number of morpholine rings is 1. The van der Waals surface area contributed by atoms with Gasteiger partial charge >= 0.3 is 0 Å². The Hall–Kier alpha value is -2.12.